The van der Waals surface area contributed by atoms with Crippen molar-refractivity contribution in [1.29, 1.82) is 0 Å². The van der Waals surface area contributed by atoms with Gasteiger partial charge in [0, 0.05) is 18.5 Å². The molecule has 3 heterocycles. The van der Waals surface area contributed by atoms with E-state index in [1.165, 1.54) is 19.3 Å². The van der Waals surface area contributed by atoms with Crippen molar-refractivity contribution in [3.63, 3.8) is 0 Å². The fourth-order valence-electron chi connectivity index (χ4n) is 3.10. The quantitative estimate of drug-likeness (QED) is 0.548. The molecule has 3 rings (SSSR count). The molecular formula is C9H14N2O. The lowest BCUT2D eigenvalue weighted by atomic mass is 9.95. The van der Waals surface area contributed by atoms with Gasteiger partial charge in [-0.05, 0) is 25.8 Å². The minimum absolute atomic E-state index is 0.190. The second kappa shape index (κ2) is 2.22. The van der Waals surface area contributed by atoms with Gasteiger partial charge >= 0.3 is 0 Å². The molecule has 66 valence electrons. The number of nitrogens with one attached hydrogen (secondary N) is 1. The standard InChI is InChI=1S/C9H14N2O/c12-9-8-6(3-4-10-8)7-2-1-5-11(7)9/h6-8,10H,1-5H2/t6-,7-,8-/m0/s1. The van der Waals surface area contributed by atoms with Crippen LogP contribution in [0.5, 0.6) is 0 Å². The molecule has 0 unspecified atom stereocenters. The van der Waals surface area contributed by atoms with Crippen molar-refractivity contribution in [3.05, 3.63) is 0 Å². The number of hydrogen-bond donors (Lipinski definition) is 1. The van der Waals surface area contributed by atoms with Crippen LogP contribution in [0.1, 0.15) is 19.3 Å². The summed E-state index contributed by atoms with van der Waals surface area (Å²) in [6, 6.07) is 0.785. The van der Waals surface area contributed by atoms with Crippen LogP contribution in [0.25, 0.3) is 0 Å². The number of fused-ring (bicyclic) bond motifs is 3. The molecule has 3 saturated heterocycles. The van der Waals surface area contributed by atoms with E-state index in [9.17, 15) is 4.79 Å². The molecule has 3 aliphatic rings. The molecule has 0 bridgehead atoms. The Bertz CT molecular complexity index is 207. The van der Waals surface area contributed by atoms with Crippen molar-refractivity contribution in [2.45, 2.75) is 31.3 Å². The molecule has 1 amide bonds. The van der Waals surface area contributed by atoms with Crippen molar-refractivity contribution in [2.24, 2.45) is 5.92 Å². The van der Waals surface area contributed by atoms with Gasteiger partial charge in [0.2, 0.25) is 5.91 Å². The maximum Gasteiger partial charge on any atom is 0.240 e. The average Bonchev–Trinajstić information content (AvgIpc) is 2.72. The van der Waals surface area contributed by atoms with E-state index in [0.29, 0.717) is 17.9 Å². The number of hydrogen-bond acceptors (Lipinski definition) is 2. The van der Waals surface area contributed by atoms with Crippen LogP contribution in [-0.4, -0.2) is 36.0 Å². The van der Waals surface area contributed by atoms with Crippen LogP contribution in [0.4, 0.5) is 0 Å². The van der Waals surface area contributed by atoms with E-state index in [1.807, 2.05) is 0 Å². The number of carbonyl (C=O) groups is 1. The third-order valence-electron chi connectivity index (χ3n) is 3.61. The third kappa shape index (κ3) is 0.678. The molecule has 0 aromatic rings. The Morgan fingerprint density at radius 3 is 3.25 bits per heavy atom. The Morgan fingerprint density at radius 2 is 2.33 bits per heavy atom. The summed E-state index contributed by atoms with van der Waals surface area (Å²) < 4.78 is 0. The molecule has 3 heteroatoms. The normalized spacial score (nSPS) is 45.2. The first-order valence-corrected chi connectivity index (χ1v) is 4.92. The van der Waals surface area contributed by atoms with Crippen LogP contribution in [-0.2, 0) is 4.79 Å². The Hall–Kier alpha value is -0.570. The maximum atomic E-state index is 11.7. The van der Waals surface area contributed by atoms with E-state index >= 15 is 0 Å². The summed E-state index contributed by atoms with van der Waals surface area (Å²) >= 11 is 0. The lowest BCUT2D eigenvalue weighted by Crippen LogP contribution is -2.36. The highest BCUT2D eigenvalue weighted by Gasteiger charge is 2.51. The molecule has 0 aromatic heterocycles. The van der Waals surface area contributed by atoms with Gasteiger partial charge in [-0.25, -0.2) is 0 Å². The number of amides is 1. The van der Waals surface area contributed by atoms with Gasteiger partial charge in [0.15, 0.2) is 0 Å². The van der Waals surface area contributed by atoms with Gasteiger partial charge in [-0.1, -0.05) is 0 Å². The van der Waals surface area contributed by atoms with E-state index in [2.05, 4.69) is 10.2 Å². The first-order chi connectivity index (χ1) is 5.88. The first kappa shape index (κ1) is 6.89. The number of carbonyl (C=O) groups excluding carboxylic acids is 1. The van der Waals surface area contributed by atoms with E-state index in [1.54, 1.807) is 0 Å². The summed E-state index contributed by atoms with van der Waals surface area (Å²) in [4.78, 5) is 13.8. The topological polar surface area (TPSA) is 32.3 Å². The highest BCUT2D eigenvalue weighted by Crippen LogP contribution is 2.37. The summed E-state index contributed by atoms with van der Waals surface area (Å²) in [7, 11) is 0. The summed E-state index contributed by atoms with van der Waals surface area (Å²) in [5.41, 5.74) is 0. The van der Waals surface area contributed by atoms with E-state index < -0.39 is 0 Å². The zero-order chi connectivity index (χ0) is 8.13. The second-order valence-corrected chi connectivity index (χ2v) is 4.13. The fourth-order valence-corrected chi connectivity index (χ4v) is 3.10. The van der Waals surface area contributed by atoms with Gasteiger partial charge < -0.3 is 10.2 Å². The molecule has 12 heavy (non-hydrogen) atoms. The zero-order valence-electron chi connectivity index (χ0n) is 7.12. The fraction of sp³-hybridized carbons (Fsp3) is 0.889. The van der Waals surface area contributed by atoms with Crippen LogP contribution < -0.4 is 5.32 Å². The molecule has 0 aromatic carbocycles. The Morgan fingerprint density at radius 1 is 1.42 bits per heavy atom. The molecule has 0 spiro atoms. The highest BCUT2D eigenvalue weighted by atomic mass is 16.2. The largest absolute Gasteiger partial charge is 0.338 e. The summed E-state index contributed by atoms with van der Waals surface area (Å²) in [6.45, 7) is 2.06. The molecule has 3 aliphatic heterocycles. The van der Waals surface area contributed by atoms with Crippen molar-refractivity contribution >= 4 is 5.91 Å². The SMILES string of the molecule is O=C1[C@H]2NCC[C@H]2[C@@H]2CCCN12. The van der Waals surface area contributed by atoms with Crippen LogP contribution in [0.15, 0.2) is 0 Å². The molecule has 0 radical (unpaired) electrons. The van der Waals surface area contributed by atoms with Crippen LogP contribution in [0, 0.1) is 5.92 Å². The van der Waals surface area contributed by atoms with Gasteiger partial charge in [-0.15, -0.1) is 0 Å². The zero-order valence-corrected chi connectivity index (χ0v) is 7.12. The van der Waals surface area contributed by atoms with E-state index in [-0.39, 0.29) is 6.04 Å². The second-order valence-electron chi connectivity index (χ2n) is 4.13. The Balaban J connectivity index is 1.94. The monoisotopic (exact) mass is 166 g/mol. The van der Waals surface area contributed by atoms with Gasteiger partial charge in [-0.3, -0.25) is 4.79 Å². The predicted molar refractivity (Wildman–Crippen MR) is 44.6 cm³/mol. The lowest BCUT2D eigenvalue weighted by Gasteiger charge is -2.17. The summed E-state index contributed by atoms with van der Waals surface area (Å²) in [5, 5.41) is 3.31. The minimum atomic E-state index is 0.190. The van der Waals surface area contributed by atoms with Crippen molar-refractivity contribution in [3.8, 4) is 0 Å². The third-order valence-corrected chi connectivity index (χ3v) is 3.61. The summed E-state index contributed by atoms with van der Waals surface area (Å²) in [5.74, 6) is 1.01. The molecule has 3 atom stereocenters. The highest BCUT2D eigenvalue weighted by molar-refractivity contribution is 5.86. The minimum Gasteiger partial charge on any atom is -0.338 e. The maximum absolute atomic E-state index is 11.7. The van der Waals surface area contributed by atoms with Crippen LogP contribution >= 0.6 is 0 Å². The van der Waals surface area contributed by atoms with Gasteiger partial charge in [0.25, 0.3) is 0 Å². The van der Waals surface area contributed by atoms with Gasteiger partial charge in [-0.2, -0.15) is 0 Å². The van der Waals surface area contributed by atoms with E-state index in [4.69, 9.17) is 0 Å². The van der Waals surface area contributed by atoms with Gasteiger partial charge in [0.05, 0.1) is 6.04 Å². The molecule has 3 nitrogen and oxygen atoms in total. The number of rotatable bonds is 0. The first-order valence-electron chi connectivity index (χ1n) is 4.92. The molecular weight excluding hydrogens is 152 g/mol. The van der Waals surface area contributed by atoms with Crippen molar-refractivity contribution in [2.75, 3.05) is 13.1 Å². The Kier molecular flexibility index (Phi) is 1.28. The smallest absolute Gasteiger partial charge is 0.240 e. The molecule has 0 aliphatic carbocycles. The summed E-state index contributed by atoms with van der Waals surface area (Å²) in [6.07, 6.45) is 3.67. The predicted octanol–water partition coefficient (Wildman–Crippen LogP) is -0.0309. The van der Waals surface area contributed by atoms with Gasteiger partial charge in [0.1, 0.15) is 0 Å². The number of nitrogens with zero attached hydrogens (tertiary/aromatic N) is 1. The Labute approximate surface area is 72.1 Å². The van der Waals surface area contributed by atoms with Crippen molar-refractivity contribution < 1.29 is 4.79 Å². The lowest BCUT2D eigenvalue weighted by molar-refractivity contribution is -0.129. The molecule has 3 fully saturated rings. The average molecular weight is 166 g/mol. The van der Waals surface area contributed by atoms with E-state index in [0.717, 1.165) is 13.1 Å². The van der Waals surface area contributed by atoms with Crippen molar-refractivity contribution in [1.82, 2.24) is 10.2 Å². The van der Waals surface area contributed by atoms with Crippen LogP contribution in [0.2, 0.25) is 0 Å². The molecule has 1 N–H and O–H groups in total. The van der Waals surface area contributed by atoms with Crippen LogP contribution in [0.3, 0.4) is 0 Å². The molecule has 0 saturated carbocycles.